The number of carbonyl (C=O) groups is 1. The highest BCUT2D eigenvalue weighted by atomic mass is 79.9. The molecule has 21 heavy (non-hydrogen) atoms. The van der Waals surface area contributed by atoms with Gasteiger partial charge < -0.3 is 15.8 Å². The molecule has 0 spiro atoms. The highest BCUT2D eigenvalue weighted by Crippen LogP contribution is 2.29. The Morgan fingerprint density at radius 1 is 1.43 bits per heavy atom. The van der Waals surface area contributed by atoms with Crippen molar-refractivity contribution in [1.82, 2.24) is 9.97 Å². The first-order chi connectivity index (χ1) is 10.1. The van der Waals surface area contributed by atoms with Crippen LogP contribution in [0.5, 0.6) is 11.6 Å². The van der Waals surface area contributed by atoms with Gasteiger partial charge in [-0.1, -0.05) is 19.1 Å². The summed E-state index contributed by atoms with van der Waals surface area (Å²) in [7, 11) is 0. The van der Waals surface area contributed by atoms with E-state index in [1.807, 2.05) is 6.92 Å². The molecule has 2 rings (SSSR count). The molecule has 1 amide bonds. The lowest BCUT2D eigenvalue weighted by molar-refractivity contribution is 0.0998. The van der Waals surface area contributed by atoms with Gasteiger partial charge in [-0.25, -0.2) is 4.98 Å². The van der Waals surface area contributed by atoms with Crippen LogP contribution in [-0.4, -0.2) is 22.4 Å². The number of rotatable bonds is 6. The zero-order chi connectivity index (χ0) is 15.2. The van der Waals surface area contributed by atoms with Gasteiger partial charge in [-0.15, -0.1) is 0 Å². The molecular formula is C14H15BrN4O2. The van der Waals surface area contributed by atoms with Gasteiger partial charge in [0.05, 0.1) is 16.2 Å². The number of aromatic nitrogens is 2. The van der Waals surface area contributed by atoms with E-state index < -0.39 is 5.91 Å². The van der Waals surface area contributed by atoms with Crippen LogP contribution in [-0.2, 0) is 0 Å². The zero-order valence-corrected chi connectivity index (χ0v) is 13.1. The predicted molar refractivity (Wildman–Crippen MR) is 83.5 cm³/mol. The van der Waals surface area contributed by atoms with E-state index in [4.69, 9.17) is 10.5 Å². The summed E-state index contributed by atoms with van der Waals surface area (Å²) >= 11 is 3.32. The molecule has 1 aromatic heterocycles. The number of ether oxygens (including phenoxy) is 1. The first-order valence-electron chi connectivity index (χ1n) is 6.45. The van der Waals surface area contributed by atoms with Crippen LogP contribution in [0.4, 0.5) is 5.95 Å². The number of nitrogens with zero attached hydrogens (tertiary/aromatic N) is 2. The van der Waals surface area contributed by atoms with Crippen molar-refractivity contribution in [3.05, 3.63) is 40.5 Å². The van der Waals surface area contributed by atoms with Crippen LogP contribution in [0.1, 0.15) is 23.7 Å². The molecule has 0 atom stereocenters. The third kappa shape index (κ3) is 3.91. The lowest BCUT2D eigenvalue weighted by atomic mass is 10.2. The summed E-state index contributed by atoms with van der Waals surface area (Å²) in [5.41, 5.74) is 5.62. The van der Waals surface area contributed by atoms with Gasteiger partial charge in [-0.3, -0.25) is 4.79 Å². The highest BCUT2D eigenvalue weighted by molar-refractivity contribution is 9.10. The number of primary amides is 1. The maximum atomic E-state index is 11.4. The Bertz CT molecular complexity index is 649. The number of anilines is 1. The third-order valence-corrected chi connectivity index (χ3v) is 3.15. The Labute approximate surface area is 130 Å². The van der Waals surface area contributed by atoms with Crippen LogP contribution in [0.15, 0.2) is 34.9 Å². The average molecular weight is 351 g/mol. The van der Waals surface area contributed by atoms with Crippen molar-refractivity contribution in [2.45, 2.75) is 13.3 Å². The molecule has 3 N–H and O–H groups in total. The second kappa shape index (κ2) is 7.03. The van der Waals surface area contributed by atoms with Crippen LogP contribution in [0.2, 0.25) is 0 Å². The van der Waals surface area contributed by atoms with Crippen LogP contribution in [0, 0.1) is 0 Å². The number of nitrogens with two attached hydrogens (primary N) is 1. The molecule has 0 saturated carbocycles. The molecule has 0 bridgehead atoms. The van der Waals surface area contributed by atoms with Gasteiger partial charge in [0.1, 0.15) is 5.75 Å². The minimum absolute atomic E-state index is 0.297. The monoisotopic (exact) mass is 350 g/mol. The molecule has 7 heteroatoms. The largest absolute Gasteiger partial charge is 0.437 e. The highest BCUT2D eigenvalue weighted by Gasteiger charge is 2.13. The van der Waals surface area contributed by atoms with Crippen LogP contribution < -0.4 is 15.8 Å². The van der Waals surface area contributed by atoms with Crippen molar-refractivity contribution < 1.29 is 9.53 Å². The molecule has 1 heterocycles. The smallest absolute Gasteiger partial charge is 0.252 e. The Balaban J connectivity index is 2.29. The summed E-state index contributed by atoms with van der Waals surface area (Å²) in [6.07, 6.45) is 2.55. The van der Waals surface area contributed by atoms with Gasteiger partial charge in [0.25, 0.3) is 5.91 Å². The van der Waals surface area contributed by atoms with E-state index in [2.05, 4.69) is 31.2 Å². The van der Waals surface area contributed by atoms with Crippen molar-refractivity contribution in [1.29, 1.82) is 0 Å². The molecule has 0 radical (unpaired) electrons. The van der Waals surface area contributed by atoms with Crippen molar-refractivity contribution in [3.8, 4) is 11.6 Å². The van der Waals surface area contributed by atoms with Crippen molar-refractivity contribution in [2.24, 2.45) is 5.73 Å². The number of hydrogen-bond donors (Lipinski definition) is 2. The molecule has 0 aliphatic heterocycles. The summed E-state index contributed by atoms with van der Waals surface area (Å²) in [5.74, 6) is 0.579. The molecule has 0 fully saturated rings. The van der Waals surface area contributed by atoms with E-state index in [-0.39, 0.29) is 0 Å². The second-order valence-electron chi connectivity index (χ2n) is 4.24. The van der Waals surface area contributed by atoms with Crippen LogP contribution in [0.25, 0.3) is 0 Å². The lowest BCUT2D eigenvalue weighted by Crippen LogP contribution is -2.12. The molecule has 0 aliphatic carbocycles. The topological polar surface area (TPSA) is 90.1 Å². The summed E-state index contributed by atoms with van der Waals surface area (Å²) in [5, 5.41) is 3.07. The van der Waals surface area contributed by atoms with Crippen molar-refractivity contribution in [2.75, 3.05) is 11.9 Å². The minimum Gasteiger partial charge on any atom is -0.437 e. The van der Waals surface area contributed by atoms with E-state index in [9.17, 15) is 4.79 Å². The van der Waals surface area contributed by atoms with Crippen molar-refractivity contribution in [3.63, 3.8) is 0 Å². The van der Waals surface area contributed by atoms with E-state index >= 15 is 0 Å². The van der Waals surface area contributed by atoms with Crippen LogP contribution in [0.3, 0.4) is 0 Å². The van der Waals surface area contributed by atoms with Crippen molar-refractivity contribution >= 4 is 27.8 Å². The third-order valence-electron chi connectivity index (χ3n) is 2.60. The first-order valence-corrected chi connectivity index (χ1v) is 7.24. The first kappa shape index (κ1) is 15.2. The number of halogens is 1. The number of para-hydroxylation sites is 1. The molecule has 1 aromatic carbocycles. The molecule has 110 valence electrons. The van der Waals surface area contributed by atoms with E-state index in [0.29, 0.717) is 27.6 Å². The van der Waals surface area contributed by atoms with Gasteiger partial charge in [0.15, 0.2) is 0 Å². The molecule has 0 aliphatic rings. The Morgan fingerprint density at radius 3 is 2.90 bits per heavy atom. The normalized spacial score (nSPS) is 10.2. The number of amides is 1. The molecule has 0 unspecified atom stereocenters. The van der Waals surface area contributed by atoms with Crippen LogP contribution >= 0.6 is 15.9 Å². The fourth-order valence-corrected chi connectivity index (χ4v) is 1.88. The second-order valence-corrected chi connectivity index (χ2v) is 5.09. The molecule has 2 aromatic rings. The fraction of sp³-hybridized carbons (Fsp3) is 0.214. The summed E-state index contributed by atoms with van der Waals surface area (Å²) in [6, 6.07) is 6.74. The molecule has 6 nitrogen and oxygen atoms in total. The van der Waals surface area contributed by atoms with Gasteiger partial charge in [-0.2, -0.15) is 4.98 Å². The lowest BCUT2D eigenvalue weighted by Gasteiger charge is -2.10. The van der Waals surface area contributed by atoms with E-state index in [1.54, 1.807) is 30.5 Å². The predicted octanol–water partition coefficient (Wildman–Crippen LogP) is 2.95. The van der Waals surface area contributed by atoms with E-state index in [1.165, 1.54) is 0 Å². The number of nitrogens with one attached hydrogen (secondary N) is 1. The number of carbonyl (C=O) groups excluding carboxylic acids is 1. The maximum absolute atomic E-state index is 11.4. The van der Waals surface area contributed by atoms with E-state index in [0.717, 1.165) is 13.0 Å². The maximum Gasteiger partial charge on any atom is 0.252 e. The minimum atomic E-state index is -0.555. The quantitative estimate of drug-likeness (QED) is 0.835. The van der Waals surface area contributed by atoms with Gasteiger partial charge in [-0.05, 0) is 34.5 Å². The van der Waals surface area contributed by atoms with Gasteiger partial charge >= 0.3 is 0 Å². The summed E-state index contributed by atoms with van der Waals surface area (Å²) < 4.78 is 6.27. The average Bonchev–Trinajstić information content (AvgIpc) is 2.48. The Morgan fingerprint density at radius 2 is 2.19 bits per heavy atom. The number of benzene rings is 1. The zero-order valence-electron chi connectivity index (χ0n) is 11.5. The fourth-order valence-electron chi connectivity index (χ4n) is 1.61. The standard InChI is InChI=1S/C14H15BrN4O2/c1-2-7-17-14-18-8-10(15)13(19-14)21-11-6-4-3-5-9(11)12(16)20/h3-6,8H,2,7H2,1H3,(H2,16,20)(H,17,18,19). The summed E-state index contributed by atoms with van der Waals surface area (Å²) in [4.78, 5) is 19.8. The summed E-state index contributed by atoms with van der Waals surface area (Å²) in [6.45, 7) is 2.81. The number of hydrogen-bond acceptors (Lipinski definition) is 5. The Hall–Kier alpha value is -2.15. The van der Waals surface area contributed by atoms with Gasteiger partial charge in [0.2, 0.25) is 11.8 Å². The SMILES string of the molecule is CCCNc1ncc(Br)c(Oc2ccccc2C(N)=O)n1. The van der Waals surface area contributed by atoms with Gasteiger partial charge in [0, 0.05) is 6.54 Å². The Kier molecular flexibility index (Phi) is 5.10. The molecule has 0 saturated heterocycles. The molecular weight excluding hydrogens is 336 g/mol.